The van der Waals surface area contributed by atoms with Crippen molar-refractivity contribution in [2.75, 3.05) is 26.2 Å². The van der Waals surface area contributed by atoms with E-state index >= 15 is 0 Å². The average molecular weight is 407 g/mol. The van der Waals surface area contributed by atoms with E-state index in [1.807, 2.05) is 6.07 Å². The Hall–Kier alpha value is -1.26. The number of hydrogen-bond donors (Lipinski definition) is 1. The Balaban J connectivity index is 1.42. The normalized spacial score (nSPS) is 18.9. The number of carbonyl (C=O) groups is 1. The average Bonchev–Trinajstić information content (AvgIpc) is 3.33. The van der Waals surface area contributed by atoms with Crippen LogP contribution >= 0.6 is 11.6 Å². The summed E-state index contributed by atoms with van der Waals surface area (Å²) in [4.78, 5) is 15.3. The molecule has 0 bridgehead atoms. The molecule has 0 unspecified atom stereocenters. The molecule has 1 aromatic carbocycles. The summed E-state index contributed by atoms with van der Waals surface area (Å²) in [5.74, 6) is 0.650. The highest BCUT2D eigenvalue weighted by molar-refractivity contribution is 6.31. The van der Waals surface area contributed by atoms with Gasteiger partial charge in [-0.25, -0.2) is 0 Å². The van der Waals surface area contributed by atoms with E-state index in [1.165, 1.54) is 57.8 Å². The Morgan fingerprint density at radius 3 is 2.82 bits per heavy atom. The molecule has 1 fully saturated rings. The summed E-state index contributed by atoms with van der Waals surface area (Å²) in [6.45, 7) is 5.91. The first-order valence-corrected chi connectivity index (χ1v) is 11.5. The van der Waals surface area contributed by atoms with Gasteiger partial charge >= 0.3 is 0 Å². The Kier molecular flexibility index (Phi) is 8.47. The number of halogens is 1. The van der Waals surface area contributed by atoms with Crippen molar-refractivity contribution in [2.24, 2.45) is 0 Å². The first-order chi connectivity index (χ1) is 13.7. The van der Waals surface area contributed by atoms with Crippen LogP contribution in [0, 0.1) is 0 Å². The molecular weight excluding hydrogens is 372 g/mol. The van der Waals surface area contributed by atoms with Crippen LogP contribution in [-0.4, -0.2) is 43.1 Å². The standard InChI is InChI=1S/C23H35ClN2O2/c1-2-3-4-5-6-7-8-12-26-13-9-10-20(26)17-25-23(27)21-16-19(24)15-18-11-14-28-22(18)21/h15-16,20H,2-14,17H2,1H3,(H,25,27)/t20-/m0/s1. The van der Waals surface area contributed by atoms with E-state index in [4.69, 9.17) is 16.3 Å². The Labute approximate surface area is 175 Å². The molecule has 5 heteroatoms. The Morgan fingerprint density at radius 2 is 2.00 bits per heavy atom. The van der Waals surface area contributed by atoms with E-state index in [0.29, 0.717) is 35.5 Å². The van der Waals surface area contributed by atoms with Crippen molar-refractivity contribution in [3.8, 4) is 5.75 Å². The van der Waals surface area contributed by atoms with E-state index in [9.17, 15) is 4.79 Å². The largest absolute Gasteiger partial charge is 0.492 e. The molecule has 2 heterocycles. The maximum absolute atomic E-state index is 12.7. The molecule has 0 aromatic heterocycles. The summed E-state index contributed by atoms with van der Waals surface area (Å²) in [5, 5.41) is 3.74. The van der Waals surface area contributed by atoms with Gasteiger partial charge in [0.2, 0.25) is 0 Å². The SMILES string of the molecule is CCCCCCCCCN1CCC[C@H]1CNC(=O)c1cc(Cl)cc2c1OCC2. The summed E-state index contributed by atoms with van der Waals surface area (Å²) in [7, 11) is 0. The van der Waals surface area contributed by atoms with Gasteiger partial charge in [-0.3, -0.25) is 9.69 Å². The maximum atomic E-state index is 12.7. The van der Waals surface area contributed by atoms with E-state index in [0.717, 1.165) is 25.1 Å². The van der Waals surface area contributed by atoms with Gasteiger partial charge in [0.15, 0.2) is 0 Å². The van der Waals surface area contributed by atoms with Crippen LogP contribution in [0.4, 0.5) is 0 Å². The predicted octanol–water partition coefficient (Wildman–Crippen LogP) is 5.22. The van der Waals surface area contributed by atoms with Crippen molar-refractivity contribution < 1.29 is 9.53 Å². The molecule has 4 nitrogen and oxygen atoms in total. The second kappa shape index (κ2) is 11.1. The molecule has 1 N–H and O–H groups in total. The molecule has 0 radical (unpaired) electrons. The number of nitrogens with one attached hydrogen (secondary N) is 1. The second-order valence-electron chi connectivity index (χ2n) is 8.20. The quantitative estimate of drug-likeness (QED) is 0.512. The minimum atomic E-state index is -0.0663. The van der Waals surface area contributed by atoms with Crippen LogP contribution in [0.1, 0.15) is 80.6 Å². The lowest BCUT2D eigenvalue weighted by Gasteiger charge is -2.24. The molecule has 1 aromatic rings. The minimum Gasteiger partial charge on any atom is -0.492 e. The first kappa shape index (κ1) is 21.4. The molecule has 2 aliphatic heterocycles. The van der Waals surface area contributed by atoms with E-state index in [-0.39, 0.29) is 5.91 Å². The molecule has 1 saturated heterocycles. The fourth-order valence-corrected chi connectivity index (χ4v) is 4.68. The lowest BCUT2D eigenvalue weighted by atomic mass is 10.1. The van der Waals surface area contributed by atoms with Gasteiger partial charge in [0.1, 0.15) is 5.75 Å². The van der Waals surface area contributed by atoms with Crippen molar-refractivity contribution in [3.05, 3.63) is 28.3 Å². The molecule has 0 saturated carbocycles. The van der Waals surface area contributed by atoms with Gasteiger partial charge in [-0.2, -0.15) is 0 Å². The zero-order chi connectivity index (χ0) is 19.8. The van der Waals surface area contributed by atoms with Gasteiger partial charge in [0.05, 0.1) is 12.2 Å². The van der Waals surface area contributed by atoms with Gasteiger partial charge in [-0.15, -0.1) is 0 Å². The van der Waals surface area contributed by atoms with Crippen molar-refractivity contribution in [2.45, 2.75) is 77.2 Å². The summed E-state index contributed by atoms with van der Waals surface area (Å²) < 4.78 is 5.67. The molecule has 1 atom stereocenters. The van der Waals surface area contributed by atoms with Crippen LogP contribution < -0.4 is 10.1 Å². The molecule has 156 valence electrons. The number of hydrogen-bond acceptors (Lipinski definition) is 3. The third-order valence-corrected chi connectivity index (χ3v) is 6.26. The third-order valence-electron chi connectivity index (χ3n) is 6.04. The maximum Gasteiger partial charge on any atom is 0.255 e. The lowest BCUT2D eigenvalue weighted by Crippen LogP contribution is -2.40. The van der Waals surface area contributed by atoms with Crippen molar-refractivity contribution in [1.29, 1.82) is 0 Å². The van der Waals surface area contributed by atoms with Crippen LogP contribution in [0.3, 0.4) is 0 Å². The monoisotopic (exact) mass is 406 g/mol. The molecule has 0 aliphatic carbocycles. The first-order valence-electron chi connectivity index (χ1n) is 11.2. The smallest absolute Gasteiger partial charge is 0.255 e. The van der Waals surface area contributed by atoms with Gasteiger partial charge in [0.25, 0.3) is 5.91 Å². The van der Waals surface area contributed by atoms with E-state index in [2.05, 4.69) is 17.1 Å². The summed E-state index contributed by atoms with van der Waals surface area (Å²) >= 11 is 6.19. The minimum absolute atomic E-state index is 0.0663. The number of ether oxygens (including phenoxy) is 1. The van der Waals surface area contributed by atoms with Gasteiger partial charge in [-0.05, 0) is 50.0 Å². The van der Waals surface area contributed by atoms with Gasteiger partial charge in [-0.1, -0.05) is 57.0 Å². The second-order valence-corrected chi connectivity index (χ2v) is 8.64. The molecule has 0 spiro atoms. The van der Waals surface area contributed by atoms with E-state index in [1.54, 1.807) is 6.07 Å². The van der Waals surface area contributed by atoms with Crippen LogP contribution in [0.2, 0.25) is 5.02 Å². The summed E-state index contributed by atoms with van der Waals surface area (Å²) in [5.41, 5.74) is 1.62. The number of carbonyl (C=O) groups excluding carboxylic acids is 1. The Morgan fingerprint density at radius 1 is 1.21 bits per heavy atom. The van der Waals surface area contributed by atoms with E-state index < -0.39 is 0 Å². The van der Waals surface area contributed by atoms with Crippen molar-refractivity contribution in [3.63, 3.8) is 0 Å². The van der Waals surface area contributed by atoms with Crippen LogP contribution in [0.25, 0.3) is 0 Å². The number of rotatable bonds is 11. The lowest BCUT2D eigenvalue weighted by molar-refractivity contribution is 0.0937. The van der Waals surface area contributed by atoms with Gasteiger partial charge < -0.3 is 10.1 Å². The zero-order valence-electron chi connectivity index (χ0n) is 17.3. The third kappa shape index (κ3) is 5.87. The number of fused-ring (bicyclic) bond motifs is 1. The topological polar surface area (TPSA) is 41.6 Å². The number of nitrogens with zero attached hydrogens (tertiary/aromatic N) is 1. The van der Waals surface area contributed by atoms with Crippen LogP contribution in [-0.2, 0) is 6.42 Å². The fraction of sp³-hybridized carbons (Fsp3) is 0.696. The number of benzene rings is 1. The highest BCUT2D eigenvalue weighted by atomic mass is 35.5. The number of likely N-dealkylation sites (tertiary alicyclic amines) is 1. The summed E-state index contributed by atoms with van der Waals surface area (Å²) in [6, 6.07) is 4.09. The van der Waals surface area contributed by atoms with Crippen molar-refractivity contribution >= 4 is 17.5 Å². The Bertz CT molecular complexity index is 650. The number of amides is 1. The highest BCUT2D eigenvalue weighted by Gasteiger charge is 2.26. The molecule has 2 aliphatic rings. The van der Waals surface area contributed by atoms with Crippen LogP contribution in [0.5, 0.6) is 5.75 Å². The van der Waals surface area contributed by atoms with Crippen molar-refractivity contribution in [1.82, 2.24) is 10.2 Å². The molecule has 1 amide bonds. The molecular formula is C23H35ClN2O2. The highest BCUT2D eigenvalue weighted by Crippen LogP contribution is 2.32. The fourth-order valence-electron chi connectivity index (χ4n) is 4.44. The summed E-state index contributed by atoms with van der Waals surface area (Å²) in [6.07, 6.45) is 12.6. The zero-order valence-corrected chi connectivity index (χ0v) is 18.0. The molecule has 3 rings (SSSR count). The number of unbranched alkanes of at least 4 members (excludes halogenated alkanes) is 6. The predicted molar refractivity (Wildman–Crippen MR) is 116 cm³/mol. The van der Waals surface area contributed by atoms with Gasteiger partial charge in [0, 0.05) is 24.0 Å². The molecule has 28 heavy (non-hydrogen) atoms. The van der Waals surface area contributed by atoms with Crippen LogP contribution in [0.15, 0.2) is 12.1 Å².